The zero-order chi connectivity index (χ0) is 39.2. The molecule has 7 rings (SSSR count). The molecule has 0 radical (unpaired) electrons. The number of ether oxygens (including phenoxy) is 3. The van der Waals surface area contributed by atoms with Crippen molar-refractivity contribution in [3.8, 4) is 17.2 Å². The van der Waals surface area contributed by atoms with Crippen LogP contribution < -0.4 is 30.3 Å². The Labute approximate surface area is 322 Å². The van der Waals surface area contributed by atoms with E-state index in [0.29, 0.717) is 29.9 Å². The van der Waals surface area contributed by atoms with Gasteiger partial charge in [0.2, 0.25) is 0 Å². The molecule has 13 heteroatoms. The van der Waals surface area contributed by atoms with Crippen molar-refractivity contribution in [2.24, 2.45) is 7.05 Å². The maximum atomic E-state index is 13.8. The Morgan fingerprint density at radius 1 is 0.768 bits per heavy atom. The van der Waals surface area contributed by atoms with Crippen LogP contribution in [0, 0.1) is 0 Å². The van der Waals surface area contributed by atoms with Gasteiger partial charge in [-0.15, -0.1) is 0 Å². The van der Waals surface area contributed by atoms with Crippen molar-refractivity contribution >= 4 is 45.1 Å². The topological polar surface area (TPSA) is 150 Å². The zero-order valence-electron chi connectivity index (χ0n) is 31.4. The molecule has 0 bridgehead atoms. The molecular weight excluding hydrogens is 713 g/mol. The number of para-hydroxylation sites is 1. The second-order valence-electron chi connectivity index (χ2n) is 13.2. The summed E-state index contributed by atoms with van der Waals surface area (Å²) in [6.07, 6.45) is 6.18. The van der Waals surface area contributed by atoms with Gasteiger partial charge in [-0.2, -0.15) is 5.10 Å². The number of hydrogen-bond donors (Lipinski definition) is 2. The number of amides is 2. The van der Waals surface area contributed by atoms with E-state index in [-0.39, 0.29) is 39.5 Å². The van der Waals surface area contributed by atoms with E-state index in [1.165, 1.54) is 31.9 Å². The van der Waals surface area contributed by atoms with Crippen LogP contribution in [0.1, 0.15) is 37.6 Å². The highest BCUT2D eigenvalue weighted by molar-refractivity contribution is 6.12. The predicted molar refractivity (Wildman–Crippen MR) is 214 cm³/mol. The minimum atomic E-state index is -0.715. The molecule has 0 fully saturated rings. The molecule has 2 amide bonds. The number of pyridine rings is 1. The first-order chi connectivity index (χ1) is 27.2. The van der Waals surface area contributed by atoms with Gasteiger partial charge in [0.25, 0.3) is 11.8 Å². The van der Waals surface area contributed by atoms with Gasteiger partial charge in [-0.05, 0) is 71.6 Å². The van der Waals surface area contributed by atoms with Crippen LogP contribution in [0.5, 0.6) is 17.2 Å². The molecule has 56 heavy (non-hydrogen) atoms. The van der Waals surface area contributed by atoms with E-state index in [2.05, 4.69) is 43.8 Å². The van der Waals surface area contributed by atoms with Gasteiger partial charge in [-0.3, -0.25) is 28.9 Å². The molecule has 3 heterocycles. The summed E-state index contributed by atoms with van der Waals surface area (Å²) in [4.78, 5) is 46.5. The summed E-state index contributed by atoms with van der Waals surface area (Å²) in [5.74, 6) is -0.141. The summed E-state index contributed by atoms with van der Waals surface area (Å²) in [6.45, 7) is 2.13. The molecule has 0 unspecified atom stereocenters. The molecule has 0 atom stereocenters. The summed E-state index contributed by atoms with van der Waals surface area (Å²) in [5.41, 5.74) is 5.06. The van der Waals surface area contributed by atoms with E-state index < -0.39 is 11.8 Å². The maximum absolute atomic E-state index is 13.8. The van der Waals surface area contributed by atoms with Gasteiger partial charge >= 0.3 is 0 Å². The van der Waals surface area contributed by atoms with Gasteiger partial charge in [-0.25, -0.2) is 0 Å². The first kappa shape index (κ1) is 37.3. The fraction of sp³-hybridized carbons (Fsp3) is 0.186. The highest BCUT2D eigenvalue weighted by Crippen LogP contribution is 2.34. The lowest BCUT2D eigenvalue weighted by atomic mass is 10.1. The maximum Gasteiger partial charge on any atom is 0.291 e. The number of aryl methyl sites for hydroxylation is 1. The number of rotatable bonds is 14. The molecule has 0 saturated carbocycles. The summed E-state index contributed by atoms with van der Waals surface area (Å²) < 4.78 is 23.9. The van der Waals surface area contributed by atoms with Crippen molar-refractivity contribution in [2.75, 3.05) is 38.5 Å². The Morgan fingerprint density at radius 2 is 1.52 bits per heavy atom. The molecule has 2 N–H and O–H groups in total. The van der Waals surface area contributed by atoms with Crippen LogP contribution in [0.4, 0.5) is 11.4 Å². The molecule has 0 saturated heterocycles. The summed E-state index contributed by atoms with van der Waals surface area (Å²) in [6, 6.07) is 26.7. The van der Waals surface area contributed by atoms with Crippen molar-refractivity contribution < 1.29 is 28.2 Å². The third-order valence-corrected chi connectivity index (χ3v) is 9.43. The van der Waals surface area contributed by atoms with Crippen LogP contribution in [0.3, 0.4) is 0 Å². The molecule has 13 nitrogen and oxygen atoms in total. The molecule has 0 spiro atoms. The van der Waals surface area contributed by atoms with Gasteiger partial charge in [0.1, 0.15) is 11.3 Å². The van der Waals surface area contributed by atoms with Gasteiger partial charge < -0.3 is 29.3 Å². The Balaban J connectivity index is 1.06. The first-order valence-electron chi connectivity index (χ1n) is 17.8. The Bertz CT molecular complexity index is 2600. The highest BCUT2D eigenvalue weighted by Gasteiger charge is 2.21. The largest absolute Gasteiger partial charge is 0.495 e. The van der Waals surface area contributed by atoms with Crippen LogP contribution in [-0.2, 0) is 26.6 Å². The number of carbonyl (C=O) groups excluding carboxylic acids is 2. The number of nitrogens with one attached hydrogen (secondary N) is 2. The monoisotopic (exact) mass is 752 g/mol. The zero-order valence-corrected chi connectivity index (χ0v) is 31.4. The van der Waals surface area contributed by atoms with Crippen LogP contribution in [-0.4, -0.2) is 59.4 Å². The lowest BCUT2D eigenvalue weighted by Crippen LogP contribution is -2.25. The Morgan fingerprint density at radius 3 is 2.30 bits per heavy atom. The van der Waals surface area contributed by atoms with E-state index in [1.807, 2.05) is 54.5 Å². The van der Waals surface area contributed by atoms with E-state index in [4.69, 9.17) is 18.6 Å². The van der Waals surface area contributed by atoms with Crippen molar-refractivity contribution in [1.82, 2.24) is 19.7 Å². The molecule has 7 aromatic rings. The predicted octanol–water partition coefficient (Wildman–Crippen LogP) is 6.85. The molecule has 0 aliphatic carbocycles. The number of hydrogen-bond acceptors (Lipinski definition) is 10. The van der Waals surface area contributed by atoms with Gasteiger partial charge in [0, 0.05) is 56.1 Å². The minimum absolute atomic E-state index is 0.107. The lowest BCUT2D eigenvalue weighted by Gasteiger charge is -2.23. The van der Waals surface area contributed by atoms with Crippen LogP contribution >= 0.6 is 0 Å². The number of anilines is 2. The molecule has 3 aromatic heterocycles. The van der Waals surface area contributed by atoms with E-state index in [1.54, 1.807) is 37.6 Å². The van der Waals surface area contributed by atoms with Crippen LogP contribution in [0.25, 0.3) is 21.9 Å². The van der Waals surface area contributed by atoms with Crippen LogP contribution in [0.2, 0.25) is 0 Å². The second-order valence-corrected chi connectivity index (χ2v) is 13.2. The quantitative estimate of drug-likeness (QED) is 0.121. The first-order valence-corrected chi connectivity index (χ1v) is 17.8. The number of benzene rings is 4. The van der Waals surface area contributed by atoms with E-state index >= 15 is 0 Å². The number of nitrogens with zero attached hydrogens (tertiary/aromatic N) is 4. The summed E-state index contributed by atoms with van der Waals surface area (Å²) in [5, 5.41) is 11.5. The van der Waals surface area contributed by atoms with Crippen molar-refractivity contribution in [3.05, 3.63) is 148 Å². The molecule has 284 valence electrons. The standard InChI is InChI=1S/C43H40N6O7/c1-48-36-14-11-28(17-30(36)23-45-48)25-49(26-29-18-32(53-2)24-44-22-29)16-15-27-9-12-31(13-10-27)46-42(51)34-19-39(54-3)40(55-4)20-35(34)47-43(52)41-21-37(50)33-7-5-6-8-38(33)56-41/h5-14,17-24H,15-16,25-26H2,1-4H3,(H,46,51)(H,47,52). The average Bonchev–Trinajstić information content (AvgIpc) is 3.59. The smallest absolute Gasteiger partial charge is 0.291 e. The van der Waals surface area contributed by atoms with Crippen molar-refractivity contribution in [1.29, 1.82) is 0 Å². The Kier molecular flexibility index (Phi) is 11.0. The number of aromatic nitrogens is 3. The molecule has 0 aliphatic rings. The van der Waals surface area contributed by atoms with E-state index in [0.717, 1.165) is 41.1 Å². The fourth-order valence-electron chi connectivity index (χ4n) is 6.51. The number of fused-ring (bicyclic) bond motifs is 2. The third kappa shape index (κ3) is 8.37. The SMILES string of the molecule is COc1cncc(CN(CCc2ccc(NC(=O)c3cc(OC)c(OC)cc3NC(=O)c3cc(=O)c4ccccc4o3)cc2)Cc2ccc3c(cnn3C)c2)c1. The summed E-state index contributed by atoms with van der Waals surface area (Å²) in [7, 11) is 6.47. The summed E-state index contributed by atoms with van der Waals surface area (Å²) >= 11 is 0. The third-order valence-electron chi connectivity index (χ3n) is 9.43. The molecule has 4 aromatic carbocycles. The fourth-order valence-corrected chi connectivity index (χ4v) is 6.51. The van der Waals surface area contributed by atoms with Gasteiger partial charge in [0.05, 0.1) is 55.9 Å². The number of carbonyl (C=O) groups is 2. The van der Waals surface area contributed by atoms with Gasteiger partial charge in [-0.1, -0.05) is 30.3 Å². The number of methoxy groups -OCH3 is 3. The highest BCUT2D eigenvalue weighted by atomic mass is 16.5. The molecule has 0 aliphatic heterocycles. The normalized spacial score (nSPS) is 11.2. The van der Waals surface area contributed by atoms with Crippen molar-refractivity contribution in [3.63, 3.8) is 0 Å². The van der Waals surface area contributed by atoms with Crippen molar-refractivity contribution in [2.45, 2.75) is 19.5 Å². The van der Waals surface area contributed by atoms with Gasteiger partial charge in [0.15, 0.2) is 22.7 Å². The molecular formula is C43H40N6O7. The minimum Gasteiger partial charge on any atom is -0.495 e. The average molecular weight is 753 g/mol. The van der Waals surface area contributed by atoms with Crippen LogP contribution in [0.15, 0.2) is 119 Å². The van der Waals surface area contributed by atoms with E-state index in [9.17, 15) is 14.4 Å². The lowest BCUT2D eigenvalue weighted by molar-refractivity contribution is 0.0997. The Hall–Kier alpha value is -6.99. The second kappa shape index (κ2) is 16.6.